The van der Waals surface area contributed by atoms with Crippen molar-refractivity contribution in [3.63, 3.8) is 0 Å². The van der Waals surface area contributed by atoms with Gasteiger partial charge in [0.25, 0.3) is 0 Å². The summed E-state index contributed by atoms with van der Waals surface area (Å²) >= 11 is 0. The van der Waals surface area contributed by atoms with Gasteiger partial charge in [0.05, 0.1) is 0 Å². The predicted molar refractivity (Wildman–Crippen MR) is 61.8 cm³/mol. The molecule has 2 rings (SSSR count). The van der Waals surface area contributed by atoms with E-state index in [1.54, 1.807) is 0 Å². The summed E-state index contributed by atoms with van der Waals surface area (Å²) in [6.07, 6.45) is 5.45. The van der Waals surface area contributed by atoms with Crippen LogP contribution in [-0.4, -0.2) is 43.9 Å². The quantitative estimate of drug-likeness (QED) is 0.766. The predicted octanol–water partition coefficient (Wildman–Crippen LogP) is 1.44. The molecule has 3 heteroatoms. The van der Waals surface area contributed by atoms with Crippen LogP contribution in [0, 0.1) is 5.92 Å². The Morgan fingerprint density at radius 1 is 1.33 bits per heavy atom. The molecule has 2 aliphatic heterocycles. The first kappa shape index (κ1) is 11.4. The first-order chi connectivity index (χ1) is 7.38. The molecule has 0 bridgehead atoms. The number of nitrogens with one attached hydrogen (secondary N) is 1. The van der Waals surface area contributed by atoms with Crippen molar-refractivity contribution in [3.8, 4) is 0 Å². The number of nitrogens with zero attached hydrogens (tertiary/aromatic N) is 1. The largest absolute Gasteiger partial charge is 0.363 e. The number of piperidine rings is 1. The van der Waals surface area contributed by atoms with Crippen LogP contribution in [0.15, 0.2) is 0 Å². The lowest BCUT2D eigenvalue weighted by Crippen LogP contribution is -2.41. The molecule has 0 radical (unpaired) electrons. The van der Waals surface area contributed by atoms with E-state index >= 15 is 0 Å². The Morgan fingerprint density at radius 3 is 2.73 bits per heavy atom. The SMILES string of the molecule is CCN1CCC(CC2NCCCO2)CC1. The van der Waals surface area contributed by atoms with Gasteiger partial charge in [-0.25, -0.2) is 0 Å². The number of hydrogen-bond acceptors (Lipinski definition) is 3. The second-order valence-electron chi connectivity index (χ2n) is 4.78. The summed E-state index contributed by atoms with van der Waals surface area (Å²) in [4.78, 5) is 2.55. The Morgan fingerprint density at radius 2 is 2.13 bits per heavy atom. The standard InChI is InChI=1S/C12H24N2O/c1-2-14-7-4-11(5-8-14)10-12-13-6-3-9-15-12/h11-13H,2-10H2,1H3. The van der Waals surface area contributed by atoms with Crippen molar-refractivity contribution < 1.29 is 4.74 Å². The van der Waals surface area contributed by atoms with Gasteiger partial charge in [0.15, 0.2) is 0 Å². The van der Waals surface area contributed by atoms with E-state index in [0.29, 0.717) is 6.23 Å². The minimum absolute atomic E-state index is 0.344. The summed E-state index contributed by atoms with van der Waals surface area (Å²) in [5.74, 6) is 0.878. The number of hydrogen-bond donors (Lipinski definition) is 1. The Labute approximate surface area is 93.2 Å². The molecule has 1 atom stereocenters. The summed E-state index contributed by atoms with van der Waals surface area (Å²) < 4.78 is 5.71. The van der Waals surface area contributed by atoms with Crippen molar-refractivity contribution in [3.05, 3.63) is 0 Å². The topological polar surface area (TPSA) is 24.5 Å². The Hall–Kier alpha value is -0.120. The van der Waals surface area contributed by atoms with Gasteiger partial charge >= 0.3 is 0 Å². The van der Waals surface area contributed by atoms with Gasteiger partial charge in [-0.05, 0) is 57.8 Å². The van der Waals surface area contributed by atoms with Crippen LogP contribution < -0.4 is 5.32 Å². The molecule has 0 spiro atoms. The second-order valence-corrected chi connectivity index (χ2v) is 4.78. The average molecular weight is 212 g/mol. The summed E-state index contributed by atoms with van der Waals surface area (Å²) in [6, 6.07) is 0. The smallest absolute Gasteiger partial charge is 0.108 e. The fourth-order valence-electron chi connectivity index (χ4n) is 2.61. The van der Waals surface area contributed by atoms with E-state index in [0.717, 1.165) is 19.1 Å². The normalized spacial score (nSPS) is 30.6. The van der Waals surface area contributed by atoms with E-state index in [1.165, 1.54) is 45.3 Å². The maximum Gasteiger partial charge on any atom is 0.108 e. The third-order valence-electron chi connectivity index (χ3n) is 3.71. The zero-order valence-corrected chi connectivity index (χ0v) is 9.87. The Balaban J connectivity index is 1.67. The van der Waals surface area contributed by atoms with Gasteiger partial charge in [-0.1, -0.05) is 6.92 Å². The van der Waals surface area contributed by atoms with Crippen LogP contribution in [-0.2, 0) is 4.74 Å². The van der Waals surface area contributed by atoms with Crippen molar-refractivity contribution in [1.82, 2.24) is 10.2 Å². The van der Waals surface area contributed by atoms with Gasteiger partial charge in [0.1, 0.15) is 6.23 Å². The highest BCUT2D eigenvalue weighted by atomic mass is 16.5. The number of ether oxygens (including phenoxy) is 1. The summed E-state index contributed by atoms with van der Waals surface area (Å²) in [5, 5.41) is 3.46. The molecule has 1 N–H and O–H groups in total. The second kappa shape index (κ2) is 5.83. The average Bonchev–Trinajstić information content (AvgIpc) is 2.31. The zero-order chi connectivity index (χ0) is 10.5. The highest BCUT2D eigenvalue weighted by Gasteiger charge is 2.22. The van der Waals surface area contributed by atoms with Gasteiger partial charge < -0.3 is 9.64 Å². The lowest BCUT2D eigenvalue weighted by atomic mass is 9.92. The van der Waals surface area contributed by atoms with E-state index < -0.39 is 0 Å². The molecule has 0 aromatic heterocycles. The summed E-state index contributed by atoms with van der Waals surface area (Å²) in [5.41, 5.74) is 0. The van der Waals surface area contributed by atoms with E-state index in [9.17, 15) is 0 Å². The van der Waals surface area contributed by atoms with Gasteiger partial charge in [-0.15, -0.1) is 0 Å². The van der Waals surface area contributed by atoms with Crippen molar-refractivity contribution in [1.29, 1.82) is 0 Å². The molecule has 2 fully saturated rings. The third-order valence-corrected chi connectivity index (χ3v) is 3.71. The molecule has 0 aromatic rings. The van der Waals surface area contributed by atoms with E-state index in [2.05, 4.69) is 17.1 Å². The van der Waals surface area contributed by atoms with Crippen molar-refractivity contribution in [2.24, 2.45) is 5.92 Å². The minimum Gasteiger partial charge on any atom is -0.363 e. The maximum atomic E-state index is 5.71. The van der Waals surface area contributed by atoms with Crippen molar-refractivity contribution in [2.45, 2.75) is 38.8 Å². The van der Waals surface area contributed by atoms with Crippen molar-refractivity contribution in [2.75, 3.05) is 32.8 Å². The van der Waals surface area contributed by atoms with Crippen LogP contribution >= 0.6 is 0 Å². The van der Waals surface area contributed by atoms with Crippen LogP contribution in [0.5, 0.6) is 0 Å². The summed E-state index contributed by atoms with van der Waals surface area (Å²) in [6.45, 7) is 8.13. The maximum absolute atomic E-state index is 5.71. The number of likely N-dealkylation sites (tertiary alicyclic amines) is 1. The molecule has 88 valence electrons. The molecule has 0 aromatic carbocycles. The molecular weight excluding hydrogens is 188 g/mol. The van der Waals surface area contributed by atoms with Crippen LogP contribution in [0.25, 0.3) is 0 Å². The molecule has 2 saturated heterocycles. The summed E-state index contributed by atoms with van der Waals surface area (Å²) in [7, 11) is 0. The Bertz CT molecular complexity index is 172. The van der Waals surface area contributed by atoms with Gasteiger partial charge in [-0.2, -0.15) is 0 Å². The highest BCUT2D eigenvalue weighted by molar-refractivity contribution is 4.75. The molecule has 2 heterocycles. The third kappa shape index (κ3) is 3.44. The van der Waals surface area contributed by atoms with Gasteiger partial charge in [0, 0.05) is 6.61 Å². The van der Waals surface area contributed by atoms with Gasteiger partial charge in [-0.3, -0.25) is 5.32 Å². The minimum atomic E-state index is 0.344. The molecule has 1 unspecified atom stereocenters. The Kier molecular flexibility index (Phi) is 4.42. The first-order valence-corrected chi connectivity index (χ1v) is 6.46. The monoisotopic (exact) mass is 212 g/mol. The zero-order valence-electron chi connectivity index (χ0n) is 9.87. The molecule has 3 nitrogen and oxygen atoms in total. The molecule has 15 heavy (non-hydrogen) atoms. The molecule has 2 aliphatic rings. The molecule has 0 saturated carbocycles. The van der Waals surface area contributed by atoms with E-state index in [-0.39, 0.29) is 0 Å². The lowest BCUT2D eigenvalue weighted by Gasteiger charge is -2.34. The van der Waals surface area contributed by atoms with E-state index in [1.807, 2.05) is 0 Å². The molecule has 0 aliphatic carbocycles. The van der Waals surface area contributed by atoms with Gasteiger partial charge in [0.2, 0.25) is 0 Å². The lowest BCUT2D eigenvalue weighted by molar-refractivity contribution is -0.0187. The van der Waals surface area contributed by atoms with Crippen LogP contribution in [0.4, 0.5) is 0 Å². The number of rotatable bonds is 3. The first-order valence-electron chi connectivity index (χ1n) is 6.46. The fraction of sp³-hybridized carbons (Fsp3) is 1.00. The van der Waals surface area contributed by atoms with E-state index in [4.69, 9.17) is 4.74 Å². The van der Waals surface area contributed by atoms with Crippen LogP contribution in [0.3, 0.4) is 0 Å². The molecule has 0 amide bonds. The van der Waals surface area contributed by atoms with Crippen LogP contribution in [0.2, 0.25) is 0 Å². The fourth-order valence-corrected chi connectivity index (χ4v) is 2.61. The molecular formula is C12H24N2O. The van der Waals surface area contributed by atoms with Crippen LogP contribution in [0.1, 0.15) is 32.6 Å². The van der Waals surface area contributed by atoms with Crippen molar-refractivity contribution >= 4 is 0 Å². The highest BCUT2D eigenvalue weighted by Crippen LogP contribution is 2.22.